The molecule has 0 aromatic heterocycles. The SMILES string of the molecule is CC1C(C(C)(C)C)=CC(C#N)=CC1C#N. The van der Waals surface area contributed by atoms with Gasteiger partial charge >= 0.3 is 0 Å². The Morgan fingerprint density at radius 1 is 1.27 bits per heavy atom. The highest BCUT2D eigenvalue weighted by molar-refractivity contribution is 5.43. The fourth-order valence-electron chi connectivity index (χ4n) is 2.00. The van der Waals surface area contributed by atoms with E-state index in [0.717, 1.165) is 0 Å². The first-order valence-corrected chi connectivity index (χ1v) is 5.13. The third kappa shape index (κ3) is 2.28. The van der Waals surface area contributed by atoms with Gasteiger partial charge in [-0.05, 0) is 23.5 Å². The van der Waals surface area contributed by atoms with Crippen molar-refractivity contribution in [3.05, 3.63) is 23.3 Å². The number of nitriles is 2. The molecular formula is C13H16N2. The van der Waals surface area contributed by atoms with E-state index >= 15 is 0 Å². The highest BCUT2D eigenvalue weighted by Gasteiger charge is 2.30. The van der Waals surface area contributed by atoms with Crippen molar-refractivity contribution in [2.24, 2.45) is 17.3 Å². The molecule has 1 aliphatic rings. The van der Waals surface area contributed by atoms with E-state index in [1.54, 1.807) is 6.08 Å². The zero-order valence-corrected chi connectivity index (χ0v) is 9.70. The standard InChI is InChI=1S/C13H16N2/c1-9-11(8-15)5-10(7-14)6-12(9)13(2,3)4/h5-6,9,11H,1-4H3. The molecule has 2 atom stereocenters. The molecule has 2 unspecified atom stereocenters. The Balaban J connectivity index is 3.19. The third-order valence-electron chi connectivity index (χ3n) is 2.84. The van der Waals surface area contributed by atoms with Crippen LogP contribution in [0.2, 0.25) is 0 Å². The maximum Gasteiger partial charge on any atom is 0.0988 e. The topological polar surface area (TPSA) is 47.6 Å². The second-order valence-electron chi connectivity index (χ2n) is 5.03. The molecule has 0 saturated heterocycles. The third-order valence-corrected chi connectivity index (χ3v) is 2.84. The fraction of sp³-hybridized carbons (Fsp3) is 0.538. The van der Waals surface area contributed by atoms with Crippen LogP contribution in [0.1, 0.15) is 27.7 Å². The molecular weight excluding hydrogens is 184 g/mol. The van der Waals surface area contributed by atoms with Crippen molar-refractivity contribution in [2.45, 2.75) is 27.7 Å². The summed E-state index contributed by atoms with van der Waals surface area (Å²) in [6, 6.07) is 4.38. The Bertz CT molecular complexity index is 394. The largest absolute Gasteiger partial charge is 0.198 e. The number of rotatable bonds is 0. The van der Waals surface area contributed by atoms with E-state index in [9.17, 15) is 0 Å². The van der Waals surface area contributed by atoms with Crippen LogP contribution in [0.4, 0.5) is 0 Å². The van der Waals surface area contributed by atoms with Gasteiger partial charge in [-0.2, -0.15) is 10.5 Å². The number of hydrogen-bond acceptors (Lipinski definition) is 2. The van der Waals surface area contributed by atoms with E-state index in [1.807, 2.05) is 6.08 Å². The molecule has 0 spiro atoms. The number of nitrogens with zero attached hydrogens (tertiary/aromatic N) is 2. The summed E-state index contributed by atoms with van der Waals surface area (Å²) in [7, 11) is 0. The Labute approximate surface area is 91.5 Å². The predicted octanol–water partition coefficient (Wildman–Crippen LogP) is 3.20. The smallest absolute Gasteiger partial charge is 0.0988 e. The van der Waals surface area contributed by atoms with Gasteiger partial charge in [0.2, 0.25) is 0 Å². The van der Waals surface area contributed by atoms with Gasteiger partial charge in [0.15, 0.2) is 0 Å². The Hall–Kier alpha value is -1.54. The van der Waals surface area contributed by atoms with Crippen molar-refractivity contribution in [1.29, 1.82) is 10.5 Å². The van der Waals surface area contributed by atoms with Crippen molar-refractivity contribution in [3.63, 3.8) is 0 Å². The molecule has 0 aromatic carbocycles. The molecule has 0 heterocycles. The number of allylic oxidation sites excluding steroid dienone is 4. The monoisotopic (exact) mass is 200 g/mol. The van der Waals surface area contributed by atoms with Crippen LogP contribution in [-0.4, -0.2) is 0 Å². The molecule has 0 bridgehead atoms. The van der Waals surface area contributed by atoms with E-state index in [-0.39, 0.29) is 17.3 Å². The van der Waals surface area contributed by atoms with E-state index in [2.05, 4.69) is 39.8 Å². The molecule has 2 heteroatoms. The summed E-state index contributed by atoms with van der Waals surface area (Å²) in [6.45, 7) is 8.40. The molecule has 1 rings (SSSR count). The van der Waals surface area contributed by atoms with Crippen LogP contribution in [0.15, 0.2) is 23.3 Å². The maximum absolute atomic E-state index is 9.03. The molecule has 0 amide bonds. The van der Waals surface area contributed by atoms with Crippen LogP contribution in [0.25, 0.3) is 0 Å². The minimum atomic E-state index is -0.168. The quantitative estimate of drug-likeness (QED) is 0.602. The molecule has 0 aliphatic heterocycles. The molecule has 0 saturated carbocycles. The van der Waals surface area contributed by atoms with E-state index in [0.29, 0.717) is 5.57 Å². The van der Waals surface area contributed by atoms with Gasteiger partial charge in [-0.15, -0.1) is 0 Å². The van der Waals surface area contributed by atoms with Gasteiger partial charge in [-0.3, -0.25) is 0 Å². The lowest BCUT2D eigenvalue weighted by atomic mass is 9.71. The summed E-state index contributed by atoms with van der Waals surface area (Å²) in [5, 5.41) is 17.9. The highest BCUT2D eigenvalue weighted by Crippen LogP contribution is 2.39. The van der Waals surface area contributed by atoms with Crippen molar-refractivity contribution < 1.29 is 0 Å². The Kier molecular flexibility index (Phi) is 3.01. The van der Waals surface area contributed by atoms with Crippen LogP contribution in [0.3, 0.4) is 0 Å². The van der Waals surface area contributed by atoms with Crippen LogP contribution in [0.5, 0.6) is 0 Å². The van der Waals surface area contributed by atoms with E-state index in [4.69, 9.17) is 10.5 Å². The molecule has 0 aromatic rings. The van der Waals surface area contributed by atoms with Crippen molar-refractivity contribution in [1.82, 2.24) is 0 Å². The maximum atomic E-state index is 9.03. The van der Waals surface area contributed by atoms with Crippen LogP contribution in [-0.2, 0) is 0 Å². The van der Waals surface area contributed by atoms with Gasteiger partial charge in [0.05, 0.1) is 18.1 Å². The van der Waals surface area contributed by atoms with Crippen LogP contribution in [0, 0.1) is 39.9 Å². The first-order chi connectivity index (χ1) is 6.90. The fourth-order valence-corrected chi connectivity index (χ4v) is 2.00. The summed E-state index contributed by atoms with van der Waals surface area (Å²) in [5.41, 5.74) is 1.82. The lowest BCUT2D eigenvalue weighted by Gasteiger charge is -2.32. The summed E-state index contributed by atoms with van der Waals surface area (Å²) >= 11 is 0. The zero-order valence-electron chi connectivity index (χ0n) is 9.70. The lowest BCUT2D eigenvalue weighted by molar-refractivity contribution is 0.406. The summed E-state index contributed by atoms with van der Waals surface area (Å²) in [4.78, 5) is 0. The van der Waals surface area contributed by atoms with E-state index < -0.39 is 0 Å². The van der Waals surface area contributed by atoms with Crippen LogP contribution < -0.4 is 0 Å². The minimum absolute atomic E-state index is 0.0187. The van der Waals surface area contributed by atoms with Crippen molar-refractivity contribution in [3.8, 4) is 12.1 Å². The van der Waals surface area contributed by atoms with E-state index in [1.165, 1.54) is 5.57 Å². The molecule has 0 fully saturated rings. The molecule has 0 radical (unpaired) electrons. The first-order valence-electron chi connectivity index (χ1n) is 5.13. The average Bonchev–Trinajstić information content (AvgIpc) is 2.16. The number of hydrogen-bond donors (Lipinski definition) is 0. The lowest BCUT2D eigenvalue weighted by Crippen LogP contribution is -2.23. The normalized spacial score (nSPS) is 26.0. The Morgan fingerprint density at radius 3 is 2.27 bits per heavy atom. The summed E-state index contributed by atoms with van der Waals surface area (Å²) in [5.74, 6) is 0.0333. The second kappa shape index (κ2) is 3.91. The predicted molar refractivity (Wildman–Crippen MR) is 59.5 cm³/mol. The molecule has 1 aliphatic carbocycles. The Morgan fingerprint density at radius 2 is 1.87 bits per heavy atom. The molecule has 0 N–H and O–H groups in total. The molecule has 2 nitrogen and oxygen atoms in total. The minimum Gasteiger partial charge on any atom is -0.198 e. The van der Waals surface area contributed by atoms with Gasteiger partial charge in [-0.25, -0.2) is 0 Å². The second-order valence-corrected chi connectivity index (χ2v) is 5.03. The zero-order chi connectivity index (χ0) is 11.6. The summed E-state index contributed by atoms with van der Waals surface area (Å²) in [6.07, 6.45) is 3.69. The van der Waals surface area contributed by atoms with Crippen molar-refractivity contribution >= 4 is 0 Å². The van der Waals surface area contributed by atoms with Gasteiger partial charge in [0.1, 0.15) is 0 Å². The first kappa shape index (κ1) is 11.5. The van der Waals surface area contributed by atoms with Gasteiger partial charge in [0.25, 0.3) is 0 Å². The molecule has 78 valence electrons. The average molecular weight is 200 g/mol. The van der Waals surface area contributed by atoms with Gasteiger partial charge in [-0.1, -0.05) is 33.3 Å². The molecule has 15 heavy (non-hydrogen) atoms. The van der Waals surface area contributed by atoms with Crippen LogP contribution >= 0.6 is 0 Å². The highest BCUT2D eigenvalue weighted by atomic mass is 14.4. The van der Waals surface area contributed by atoms with Gasteiger partial charge in [0, 0.05) is 5.57 Å². The summed E-state index contributed by atoms with van der Waals surface area (Å²) < 4.78 is 0. The van der Waals surface area contributed by atoms with Gasteiger partial charge < -0.3 is 0 Å². The van der Waals surface area contributed by atoms with Crippen molar-refractivity contribution in [2.75, 3.05) is 0 Å².